The summed E-state index contributed by atoms with van der Waals surface area (Å²) in [6.07, 6.45) is 10.5. The smallest absolute Gasteiger partial charge is 0.239 e. The van der Waals surface area contributed by atoms with E-state index in [1.165, 1.54) is 24.0 Å². The van der Waals surface area contributed by atoms with Crippen molar-refractivity contribution in [3.05, 3.63) is 60.1 Å². The van der Waals surface area contributed by atoms with Crippen LogP contribution in [0.4, 0.5) is 4.39 Å². The first kappa shape index (κ1) is 25.5. The van der Waals surface area contributed by atoms with E-state index in [4.69, 9.17) is 5.10 Å². The van der Waals surface area contributed by atoms with Gasteiger partial charge in [-0.3, -0.25) is 14.4 Å². The molecule has 0 unspecified atom stereocenters. The normalized spacial score (nSPS) is 18.6. The molecule has 4 aromatic rings. The molecular weight excluding hydrogens is 515 g/mol. The molecule has 1 amide bonds. The Morgan fingerprint density at radius 2 is 2.00 bits per heavy atom. The summed E-state index contributed by atoms with van der Waals surface area (Å²) in [7, 11) is 2.04. The summed E-state index contributed by atoms with van der Waals surface area (Å²) in [6, 6.07) is 7.28. The van der Waals surface area contributed by atoms with Gasteiger partial charge in [0.2, 0.25) is 5.91 Å². The number of hydrogen-bond acceptors (Lipinski definition) is 7. The molecule has 4 aromatic heterocycles. The molecule has 0 bridgehead atoms. The third-order valence-corrected chi connectivity index (χ3v) is 8.94. The predicted octanol–water partition coefficient (Wildman–Crippen LogP) is 4.32. The highest BCUT2D eigenvalue weighted by Gasteiger charge is 2.34. The van der Waals surface area contributed by atoms with E-state index in [1.54, 1.807) is 16.8 Å². The maximum absolute atomic E-state index is 14.5. The van der Waals surface area contributed by atoms with E-state index in [0.717, 1.165) is 62.1 Å². The summed E-state index contributed by atoms with van der Waals surface area (Å²) < 4.78 is 18.2. The van der Waals surface area contributed by atoms with E-state index in [9.17, 15) is 14.4 Å². The highest BCUT2D eigenvalue weighted by Crippen LogP contribution is 2.37. The number of nitrogens with zero attached hydrogens (tertiary/aromatic N) is 8. The minimum absolute atomic E-state index is 0.0185. The average Bonchev–Trinajstić information content (AvgIpc) is 3.67. The van der Waals surface area contributed by atoms with Crippen LogP contribution in [0.5, 0.6) is 0 Å². The number of hydrogen-bond donors (Lipinski definition) is 0. The van der Waals surface area contributed by atoms with Gasteiger partial charge in [0.15, 0.2) is 5.82 Å². The number of rotatable bonds is 5. The predicted molar refractivity (Wildman–Crippen MR) is 145 cm³/mol. The Hall–Kier alpha value is -3.75. The van der Waals surface area contributed by atoms with Crippen LogP contribution >= 0.6 is 11.8 Å². The average molecular weight is 545 g/mol. The highest BCUT2D eigenvalue weighted by atomic mass is 32.2. The van der Waals surface area contributed by atoms with Gasteiger partial charge in [-0.2, -0.15) is 15.5 Å². The van der Waals surface area contributed by atoms with Crippen molar-refractivity contribution in [2.45, 2.75) is 54.6 Å². The van der Waals surface area contributed by atoms with Crippen LogP contribution in [-0.4, -0.2) is 72.8 Å². The Balaban J connectivity index is 1.27. The lowest BCUT2D eigenvalue weighted by Gasteiger charge is -2.35. The zero-order valence-electron chi connectivity index (χ0n) is 21.9. The molecule has 0 radical (unpaired) electrons. The van der Waals surface area contributed by atoms with Gasteiger partial charge in [0.05, 0.1) is 35.6 Å². The Labute approximate surface area is 230 Å². The molecule has 6 rings (SSSR count). The molecule has 2 saturated heterocycles. The van der Waals surface area contributed by atoms with Crippen molar-refractivity contribution in [2.24, 2.45) is 0 Å². The number of halogens is 1. The van der Waals surface area contributed by atoms with Crippen LogP contribution in [0, 0.1) is 24.1 Å². The first-order valence-electron chi connectivity index (χ1n) is 13.2. The number of fused-ring (bicyclic) bond motifs is 1. The van der Waals surface area contributed by atoms with Crippen LogP contribution in [0.3, 0.4) is 0 Å². The molecule has 0 spiro atoms. The first-order chi connectivity index (χ1) is 18.9. The van der Waals surface area contributed by atoms with Gasteiger partial charge in [-0.25, -0.2) is 13.9 Å². The summed E-state index contributed by atoms with van der Waals surface area (Å²) in [5, 5.41) is 19.0. The fourth-order valence-corrected chi connectivity index (χ4v) is 6.75. The van der Waals surface area contributed by atoms with Crippen molar-refractivity contribution < 1.29 is 9.18 Å². The number of piperidine rings is 1. The maximum atomic E-state index is 14.5. The Bertz CT molecular complexity index is 1580. The monoisotopic (exact) mass is 544 g/mol. The van der Waals surface area contributed by atoms with Crippen LogP contribution in [-0.2, 0) is 4.79 Å². The largest absolute Gasteiger partial charge is 0.341 e. The second-order valence-electron chi connectivity index (χ2n) is 10.2. The summed E-state index contributed by atoms with van der Waals surface area (Å²) in [5.74, 6) is -0.164. The Morgan fingerprint density at radius 3 is 2.72 bits per heavy atom. The Morgan fingerprint density at radius 1 is 1.18 bits per heavy atom. The minimum atomic E-state index is -0.419. The van der Waals surface area contributed by atoms with Crippen LogP contribution in [0.25, 0.3) is 16.6 Å². The molecule has 2 aliphatic rings. The minimum Gasteiger partial charge on any atom is -0.341 e. The van der Waals surface area contributed by atoms with Crippen molar-refractivity contribution in [3.8, 4) is 17.2 Å². The lowest BCUT2D eigenvalue weighted by molar-refractivity contribution is -0.136. The van der Waals surface area contributed by atoms with Crippen molar-refractivity contribution >= 4 is 23.2 Å². The standard InChI is InChI=1S/C28H29FN8OS/c1-18-22(16-33-37(18)21-7-11-35(12-8-21)28(38)24-6-4-10-34(24)2)19-13-25(39-27-23(29)5-3-9-31-27)26-20(14-30)15-32-36(26)17-19/h3,5,9,13,15-17,21,24H,4,6-8,10-12H2,1-2H3/t24-/m1/s1. The molecule has 0 aliphatic carbocycles. The van der Waals surface area contributed by atoms with Crippen LogP contribution in [0.1, 0.15) is 43.0 Å². The molecule has 0 N–H and O–H groups in total. The van der Waals surface area contributed by atoms with Gasteiger partial charge in [0.1, 0.15) is 11.1 Å². The molecule has 2 fully saturated rings. The molecular formula is C28H29FN8OS. The van der Waals surface area contributed by atoms with E-state index in [1.807, 2.05) is 37.3 Å². The molecule has 0 saturated carbocycles. The second-order valence-corrected chi connectivity index (χ2v) is 11.3. The number of likely N-dealkylation sites (tertiary alicyclic amines) is 2. The number of likely N-dealkylation sites (N-methyl/N-ethyl adjacent to an activating group) is 1. The quantitative estimate of drug-likeness (QED) is 0.369. The number of amides is 1. The van der Waals surface area contributed by atoms with E-state index in [0.29, 0.717) is 16.0 Å². The Kier molecular flexibility index (Phi) is 6.83. The van der Waals surface area contributed by atoms with E-state index in [2.05, 4.69) is 25.7 Å². The van der Waals surface area contributed by atoms with Crippen LogP contribution < -0.4 is 0 Å². The third-order valence-electron chi connectivity index (χ3n) is 7.91. The second kappa shape index (κ2) is 10.4. The molecule has 200 valence electrons. The molecule has 9 nitrogen and oxygen atoms in total. The summed E-state index contributed by atoms with van der Waals surface area (Å²) in [5.41, 5.74) is 3.86. The summed E-state index contributed by atoms with van der Waals surface area (Å²) in [4.78, 5) is 22.1. The fraction of sp³-hybridized carbons (Fsp3) is 0.393. The van der Waals surface area contributed by atoms with Gasteiger partial charge in [-0.1, -0.05) is 11.8 Å². The van der Waals surface area contributed by atoms with Crippen molar-refractivity contribution in [3.63, 3.8) is 0 Å². The molecule has 6 heterocycles. The van der Waals surface area contributed by atoms with E-state index < -0.39 is 5.82 Å². The number of aromatic nitrogens is 5. The first-order valence-corrected chi connectivity index (χ1v) is 14.0. The molecule has 11 heteroatoms. The van der Waals surface area contributed by atoms with Crippen molar-refractivity contribution in [2.75, 3.05) is 26.7 Å². The van der Waals surface area contributed by atoms with Gasteiger partial charge in [-0.15, -0.1) is 0 Å². The zero-order chi connectivity index (χ0) is 27.1. The molecule has 39 heavy (non-hydrogen) atoms. The van der Waals surface area contributed by atoms with Gasteiger partial charge in [0, 0.05) is 47.2 Å². The van der Waals surface area contributed by atoms with Crippen LogP contribution in [0.15, 0.2) is 52.9 Å². The van der Waals surface area contributed by atoms with Crippen LogP contribution in [0.2, 0.25) is 0 Å². The molecule has 2 aliphatic heterocycles. The summed E-state index contributed by atoms with van der Waals surface area (Å²) >= 11 is 1.17. The molecule has 1 atom stereocenters. The number of nitriles is 1. The summed E-state index contributed by atoms with van der Waals surface area (Å²) in [6.45, 7) is 4.50. The van der Waals surface area contributed by atoms with Gasteiger partial charge in [-0.05, 0) is 64.4 Å². The highest BCUT2D eigenvalue weighted by molar-refractivity contribution is 7.99. The SMILES string of the molecule is Cc1c(-c2cc(Sc3ncccc3F)c3c(C#N)cnn3c2)cnn1C1CCN(C(=O)[C@H]2CCCN2C)CC1. The van der Waals surface area contributed by atoms with Gasteiger partial charge < -0.3 is 4.90 Å². The zero-order valence-corrected chi connectivity index (χ0v) is 22.7. The van der Waals surface area contributed by atoms with Crippen molar-refractivity contribution in [1.29, 1.82) is 5.26 Å². The lowest BCUT2D eigenvalue weighted by atomic mass is 10.0. The molecule has 0 aromatic carbocycles. The van der Waals surface area contributed by atoms with Crippen molar-refractivity contribution in [1.82, 2.24) is 34.2 Å². The van der Waals surface area contributed by atoms with Gasteiger partial charge in [0.25, 0.3) is 0 Å². The third kappa shape index (κ3) is 4.68. The lowest BCUT2D eigenvalue weighted by Crippen LogP contribution is -2.47. The number of pyridine rings is 2. The number of carbonyl (C=O) groups is 1. The fourth-order valence-electron chi connectivity index (χ4n) is 5.78. The van der Waals surface area contributed by atoms with E-state index >= 15 is 0 Å². The maximum Gasteiger partial charge on any atom is 0.239 e. The van der Waals surface area contributed by atoms with E-state index in [-0.39, 0.29) is 23.0 Å². The van der Waals surface area contributed by atoms with Gasteiger partial charge >= 0.3 is 0 Å². The topological polar surface area (TPSA) is 95.4 Å². The number of carbonyl (C=O) groups excluding carboxylic acids is 1.